The van der Waals surface area contributed by atoms with Crippen molar-refractivity contribution in [3.63, 3.8) is 0 Å². The lowest BCUT2D eigenvalue weighted by Crippen LogP contribution is -2.25. The lowest BCUT2D eigenvalue weighted by molar-refractivity contribution is 0.304. The molecule has 3 heteroatoms. The zero-order valence-electron chi connectivity index (χ0n) is 13.9. The minimum Gasteiger partial charge on any atom is -0.370 e. The Morgan fingerprint density at radius 1 is 1.00 bits per heavy atom. The second-order valence-electron chi connectivity index (χ2n) is 6.58. The molecular formula is C17H31N3. The summed E-state index contributed by atoms with van der Waals surface area (Å²) in [4.78, 5) is 4.66. The van der Waals surface area contributed by atoms with Crippen LogP contribution in [0, 0.1) is 17.8 Å². The molecule has 20 heavy (non-hydrogen) atoms. The van der Waals surface area contributed by atoms with Gasteiger partial charge in [0.15, 0.2) is 0 Å². The van der Waals surface area contributed by atoms with Gasteiger partial charge >= 0.3 is 0 Å². The molecule has 0 unspecified atom stereocenters. The van der Waals surface area contributed by atoms with E-state index in [1.807, 2.05) is 0 Å². The highest BCUT2D eigenvalue weighted by Crippen LogP contribution is 2.20. The molecule has 0 saturated heterocycles. The molecule has 114 valence electrons. The van der Waals surface area contributed by atoms with Gasteiger partial charge in [0.05, 0.1) is 5.69 Å². The molecule has 0 fully saturated rings. The fraction of sp³-hybridized carbons (Fsp3) is 0.706. The van der Waals surface area contributed by atoms with E-state index in [0.717, 1.165) is 24.6 Å². The molecule has 0 radical (unpaired) electrons. The number of pyridine rings is 1. The Balaban J connectivity index is 2.57. The van der Waals surface area contributed by atoms with E-state index in [9.17, 15) is 0 Å². The summed E-state index contributed by atoms with van der Waals surface area (Å²) in [5.74, 6) is 3.04. The second-order valence-corrected chi connectivity index (χ2v) is 6.58. The minimum absolute atomic E-state index is 0.486. The van der Waals surface area contributed by atoms with E-state index in [-0.39, 0.29) is 0 Å². The van der Waals surface area contributed by atoms with Crippen LogP contribution >= 0.6 is 0 Å². The van der Waals surface area contributed by atoms with Gasteiger partial charge in [0, 0.05) is 19.1 Å². The van der Waals surface area contributed by atoms with Crippen LogP contribution in [0.2, 0.25) is 0 Å². The van der Waals surface area contributed by atoms with E-state index in [4.69, 9.17) is 0 Å². The third-order valence-electron chi connectivity index (χ3n) is 3.73. The highest BCUT2D eigenvalue weighted by molar-refractivity contribution is 5.35. The van der Waals surface area contributed by atoms with Crippen LogP contribution in [0.15, 0.2) is 18.2 Å². The Morgan fingerprint density at radius 2 is 1.65 bits per heavy atom. The van der Waals surface area contributed by atoms with Crippen molar-refractivity contribution in [3.05, 3.63) is 23.9 Å². The largest absolute Gasteiger partial charge is 0.370 e. The average Bonchev–Trinajstić information content (AvgIpc) is 2.36. The summed E-state index contributed by atoms with van der Waals surface area (Å²) in [5.41, 5.74) is 1.09. The van der Waals surface area contributed by atoms with Crippen molar-refractivity contribution in [1.82, 2.24) is 10.3 Å². The van der Waals surface area contributed by atoms with Crippen LogP contribution in [0.1, 0.15) is 47.2 Å². The lowest BCUT2D eigenvalue weighted by Gasteiger charge is -2.25. The molecule has 0 aliphatic rings. The molecule has 0 spiro atoms. The van der Waals surface area contributed by atoms with Crippen molar-refractivity contribution >= 4 is 5.82 Å². The van der Waals surface area contributed by atoms with Gasteiger partial charge in [-0.15, -0.1) is 0 Å². The highest BCUT2D eigenvalue weighted by Gasteiger charge is 2.17. The summed E-state index contributed by atoms with van der Waals surface area (Å²) >= 11 is 0. The summed E-state index contributed by atoms with van der Waals surface area (Å²) in [7, 11) is 0. The van der Waals surface area contributed by atoms with Crippen molar-refractivity contribution < 1.29 is 0 Å². The van der Waals surface area contributed by atoms with Gasteiger partial charge in [0.25, 0.3) is 0 Å². The van der Waals surface area contributed by atoms with E-state index in [1.165, 1.54) is 0 Å². The molecule has 0 saturated carbocycles. The maximum atomic E-state index is 4.66. The van der Waals surface area contributed by atoms with Crippen molar-refractivity contribution in [1.29, 1.82) is 0 Å². The Morgan fingerprint density at radius 3 is 2.20 bits per heavy atom. The smallest absolute Gasteiger partial charge is 0.126 e. The quantitative estimate of drug-likeness (QED) is 0.756. The van der Waals surface area contributed by atoms with E-state index >= 15 is 0 Å². The van der Waals surface area contributed by atoms with E-state index in [0.29, 0.717) is 23.8 Å². The van der Waals surface area contributed by atoms with Crippen LogP contribution in [-0.4, -0.2) is 17.6 Å². The highest BCUT2D eigenvalue weighted by atomic mass is 15.0. The van der Waals surface area contributed by atoms with Gasteiger partial charge in [-0.2, -0.15) is 0 Å². The summed E-state index contributed by atoms with van der Waals surface area (Å²) in [6, 6.07) is 6.69. The summed E-state index contributed by atoms with van der Waals surface area (Å²) in [6.07, 6.45) is 0. The summed E-state index contributed by atoms with van der Waals surface area (Å²) in [6.45, 7) is 15.3. The molecule has 2 N–H and O–H groups in total. The fourth-order valence-corrected chi connectivity index (χ4v) is 2.45. The Hall–Kier alpha value is -1.09. The topological polar surface area (TPSA) is 37.0 Å². The molecule has 1 aromatic heterocycles. The molecule has 3 nitrogen and oxygen atoms in total. The second kappa shape index (κ2) is 8.25. The average molecular weight is 277 g/mol. The Kier molecular flexibility index (Phi) is 7.00. The number of nitrogens with zero attached hydrogens (tertiary/aromatic N) is 1. The first kappa shape index (κ1) is 17.0. The molecule has 0 aromatic carbocycles. The van der Waals surface area contributed by atoms with Gasteiger partial charge in [-0.1, -0.05) is 47.6 Å². The van der Waals surface area contributed by atoms with Crippen molar-refractivity contribution in [2.45, 2.75) is 54.1 Å². The molecule has 0 aliphatic heterocycles. The van der Waals surface area contributed by atoms with Crippen molar-refractivity contribution in [2.24, 2.45) is 17.8 Å². The van der Waals surface area contributed by atoms with Crippen molar-refractivity contribution in [3.8, 4) is 0 Å². The molecule has 1 heterocycles. The first-order chi connectivity index (χ1) is 9.40. The van der Waals surface area contributed by atoms with Crippen LogP contribution in [0.5, 0.6) is 0 Å². The third-order valence-corrected chi connectivity index (χ3v) is 3.73. The van der Waals surface area contributed by atoms with E-state index < -0.39 is 0 Å². The molecule has 0 bridgehead atoms. The van der Waals surface area contributed by atoms with E-state index in [1.54, 1.807) is 0 Å². The van der Waals surface area contributed by atoms with Crippen LogP contribution in [0.25, 0.3) is 0 Å². The summed E-state index contributed by atoms with van der Waals surface area (Å²) < 4.78 is 0. The number of anilines is 1. The monoisotopic (exact) mass is 277 g/mol. The van der Waals surface area contributed by atoms with Crippen LogP contribution in [0.3, 0.4) is 0 Å². The van der Waals surface area contributed by atoms with Crippen LogP contribution in [0.4, 0.5) is 5.82 Å². The van der Waals surface area contributed by atoms with Crippen LogP contribution in [-0.2, 0) is 6.54 Å². The molecule has 0 aliphatic carbocycles. The van der Waals surface area contributed by atoms with Gasteiger partial charge in [-0.05, 0) is 29.9 Å². The number of hydrogen-bond donors (Lipinski definition) is 2. The third kappa shape index (κ3) is 5.91. The van der Waals surface area contributed by atoms with Gasteiger partial charge in [0.2, 0.25) is 0 Å². The van der Waals surface area contributed by atoms with Crippen LogP contribution < -0.4 is 10.6 Å². The molecule has 1 aromatic rings. The van der Waals surface area contributed by atoms with Crippen molar-refractivity contribution in [2.75, 3.05) is 11.9 Å². The molecule has 0 amide bonds. The number of nitrogens with one attached hydrogen (secondary N) is 2. The number of hydrogen-bond acceptors (Lipinski definition) is 3. The fourth-order valence-electron chi connectivity index (χ4n) is 2.45. The maximum Gasteiger partial charge on any atom is 0.126 e. The lowest BCUT2D eigenvalue weighted by atomic mass is 9.85. The van der Waals surface area contributed by atoms with Gasteiger partial charge < -0.3 is 10.6 Å². The summed E-state index contributed by atoms with van der Waals surface area (Å²) in [5, 5.41) is 6.90. The zero-order chi connectivity index (χ0) is 15.1. The predicted molar refractivity (Wildman–Crippen MR) is 87.9 cm³/mol. The SMILES string of the molecule is CC(C)NCc1cccc(NCC(C(C)C)C(C)C)n1. The Labute approximate surface area is 124 Å². The van der Waals surface area contributed by atoms with E-state index in [2.05, 4.69) is 75.4 Å². The molecule has 0 atom stereocenters. The maximum absolute atomic E-state index is 4.66. The Bertz CT molecular complexity index is 378. The molecule has 1 rings (SSSR count). The first-order valence-electron chi connectivity index (χ1n) is 7.83. The zero-order valence-corrected chi connectivity index (χ0v) is 13.9. The number of aromatic nitrogens is 1. The van der Waals surface area contributed by atoms with Gasteiger partial charge in [0.1, 0.15) is 5.82 Å². The van der Waals surface area contributed by atoms with Gasteiger partial charge in [-0.25, -0.2) is 4.98 Å². The minimum atomic E-state index is 0.486. The number of rotatable bonds is 8. The molecular weight excluding hydrogens is 246 g/mol. The predicted octanol–water partition coefficient (Wildman–Crippen LogP) is 3.92. The van der Waals surface area contributed by atoms with Gasteiger partial charge in [-0.3, -0.25) is 0 Å². The standard InChI is InChI=1S/C17H31N3/c1-12(2)16(13(3)4)11-19-17-9-7-8-15(20-17)10-18-14(5)6/h7-9,12-14,16,18H,10-11H2,1-6H3,(H,19,20). The normalized spacial score (nSPS) is 11.9. The first-order valence-corrected chi connectivity index (χ1v) is 7.83.